The van der Waals surface area contributed by atoms with Crippen molar-refractivity contribution in [2.45, 2.75) is 81.1 Å². The lowest BCUT2D eigenvalue weighted by Gasteiger charge is -2.33. The van der Waals surface area contributed by atoms with E-state index in [-0.39, 0.29) is 32.7 Å². The number of hydrogen-bond acceptors (Lipinski definition) is 10. The Labute approximate surface area is 213 Å². The van der Waals surface area contributed by atoms with Gasteiger partial charge in [-0.3, -0.25) is 19.3 Å². The van der Waals surface area contributed by atoms with Gasteiger partial charge in [-0.25, -0.2) is 9.59 Å². The Kier molecular flexibility index (Phi) is 15.0. The molecule has 0 aliphatic rings. The van der Waals surface area contributed by atoms with E-state index in [1.165, 1.54) is 0 Å². The molecule has 0 bridgehead atoms. The molecule has 0 saturated heterocycles. The van der Waals surface area contributed by atoms with Crippen LogP contribution in [0, 0.1) is 10.8 Å². The van der Waals surface area contributed by atoms with Gasteiger partial charge in [0.05, 0.1) is 35.3 Å². The Hall–Kier alpha value is -3.18. The highest BCUT2D eigenvalue weighted by molar-refractivity contribution is 5.82. The first-order valence-corrected chi connectivity index (χ1v) is 12.1. The molecule has 12 nitrogen and oxygen atoms in total. The van der Waals surface area contributed by atoms with Crippen molar-refractivity contribution in [3.8, 4) is 0 Å². The van der Waals surface area contributed by atoms with Crippen molar-refractivity contribution in [3.05, 3.63) is 0 Å². The summed E-state index contributed by atoms with van der Waals surface area (Å²) in [5, 5.41) is 12.2. The van der Waals surface area contributed by atoms with Gasteiger partial charge >= 0.3 is 24.1 Å². The van der Waals surface area contributed by atoms with Gasteiger partial charge in [0, 0.05) is 0 Å². The van der Waals surface area contributed by atoms with Crippen molar-refractivity contribution in [3.63, 3.8) is 0 Å². The minimum Gasteiger partial charge on any atom is -0.463 e. The third-order valence-electron chi connectivity index (χ3n) is 5.46. The SMILES string of the molecule is CCC(C)=NOC(=O)NCCOC(=O)C(C)(C)CC(C)(CC)C(=O)OCCNC(=O)ON=C(C)CC. The van der Waals surface area contributed by atoms with Gasteiger partial charge in [-0.05, 0) is 60.3 Å². The molecule has 12 heteroatoms. The second kappa shape index (κ2) is 16.5. The molecular formula is C24H42N4O8. The minimum atomic E-state index is -0.996. The van der Waals surface area contributed by atoms with E-state index < -0.39 is 35.0 Å². The van der Waals surface area contributed by atoms with E-state index in [0.29, 0.717) is 30.7 Å². The van der Waals surface area contributed by atoms with E-state index >= 15 is 0 Å². The summed E-state index contributed by atoms with van der Waals surface area (Å²) in [6.07, 6.45) is 0.427. The summed E-state index contributed by atoms with van der Waals surface area (Å²) < 4.78 is 10.6. The lowest BCUT2D eigenvalue weighted by molar-refractivity contribution is -0.163. The minimum absolute atomic E-state index is 0.0488. The lowest BCUT2D eigenvalue weighted by atomic mass is 9.72. The molecule has 0 aromatic rings. The number of oxime groups is 2. The van der Waals surface area contributed by atoms with Gasteiger partial charge in [-0.2, -0.15) is 0 Å². The number of nitrogens with one attached hydrogen (secondary N) is 2. The molecule has 0 heterocycles. The highest BCUT2D eigenvalue weighted by atomic mass is 16.7. The number of esters is 2. The van der Waals surface area contributed by atoms with Crippen molar-refractivity contribution in [2.75, 3.05) is 26.3 Å². The van der Waals surface area contributed by atoms with Crippen LogP contribution in [0.2, 0.25) is 0 Å². The quantitative estimate of drug-likeness (QED) is 0.110. The molecule has 0 radical (unpaired) electrons. The summed E-state index contributed by atoms with van der Waals surface area (Å²) in [7, 11) is 0. The van der Waals surface area contributed by atoms with Gasteiger partial charge in [0.2, 0.25) is 0 Å². The Bertz CT molecular complexity index is 810. The van der Waals surface area contributed by atoms with Crippen LogP contribution in [0.25, 0.3) is 0 Å². The number of amides is 2. The largest absolute Gasteiger partial charge is 0.463 e. The summed E-state index contributed by atoms with van der Waals surface area (Å²) >= 11 is 0. The summed E-state index contributed by atoms with van der Waals surface area (Å²) in [5.74, 6) is -1.01. The van der Waals surface area contributed by atoms with Crippen LogP contribution < -0.4 is 10.6 Å². The molecule has 1 atom stereocenters. The third-order valence-corrected chi connectivity index (χ3v) is 5.46. The fourth-order valence-electron chi connectivity index (χ4n) is 2.78. The molecule has 2 amide bonds. The van der Waals surface area contributed by atoms with E-state index in [2.05, 4.69) is 30.6 Å². The molecule has 2 N–H and O–H groups in total. The predicted molar refractivity (Wildman–Crippen MR) is 134 cm³/mol. The predicted octanol–water partition coefficient (Wildman–Crippen LogP) is 3.93. The van der Waals surface area contributed by atoms with Gasteiger partial charge in [-0.1, -0.05) is 31.1 Å². The second-order valence-corrected chi connectivity index (χ2v) is 9.22. The number of carbonyl (C=O) groups is 4. The summed E-state index contributed by atoms with van der Waals surface area (Å²) in [5.41, 5.74) is -0.614. The summed E-state index contributed by atoms with van der Waals surface area (Å²) in [6.45, 7) is 14.1. The first kappa shape index (κ1) is 32.8. The van der Waals surface area contributed by atoms with Gasteiger partial charge in [0.15, 0.2) is 0 Å². The first-order valence-electron chi connectivity index (χ1n) is 12.1. The van der Waals surface area contributed by atoms with Crippen molar-refractivity contribution < 1.29 is 38.3 Å². The lowest BCUT2D eigenvalue weighted by Crippen LogP contribution is -2.40. The smallest absolute Gasteiger partial charge is 0.433 e. The van der Waals surface area contributed by atoms with Crippen LogP contribution in [0.3, 0.4) is 0 Å². The van der Waals surface area contributed by atoms with Crippen LogP contribution >= 0.6 is 0 Å². The normalized spacial score (nSPS) is 13.8. The number of ether oxygens (including phenoxy) is 2. The van der Waals surface area contributed by atoms with Crippen LogP contribution in [0.15, 0.2) is 10.3 Å². The van der Waals surface area contributed by atoms with E-state index in [9.17, 15) is 19.2 Å². The van der Waals surface area contributed by atoms with Crippen molar-refractivity contribution >= 4 is 35.5 Å². The standard InChI is InChI=1S/C24H42N4O8/c1-9-17(4)27-35-21(31)25-12-14-33-19(29)23(6,7)16-24(8,11-3)20(30)34-15-13-26-22(32)36-28-18(5)10-2/h9-16H2,1-8H3,(H,25,31)(H,26,32). The average molecular weight is 515 g/mol. The molecule has 0 aliphatic heterocycles. The Morgan fingerprint density at radius 3 is 1.53 bits per heavy atom. The zero-order valence-electron chi connectivity index (χ0n) is 22.8. The van der Waals surface area contributed by atoms with E-state index in [1.54, 1.807) is 34.6 Å². The van der Waals surface area contributed by atoms with Crippen LogP contribution in [0.4, 0.5) is 9.59 Å². The maximum Gasteiger partial charge on any atom is 0.433 e. The van der Waals surface area contributed by atoms with E-state index in [4.69, 9.17) is 9.47 Å². The molecule has 0 saturated carbocycles. The summed E-state index contributed by atoms with van der Waals surface area (Å²) in [6, 6.07) is 0. The number of carbonyl (C=O) groups excluding carboxylic acids is 4. The van der Waals surface area contributed by atoms with Crippen LogP contribution in [-0.4, -0.2) is 61.9 Å². The van der Waals surface area contributed by atoms with Gasteiger partial charge in [-0.15, -0.1) is 0 Å². The third kappa shape index (κ3) is 13.1. The van der Waals surface area contributed by atoms with Gasteiger partial charge < -0.3 is 20.1 Å². The monoisotopic (exact) mass is 514 g/mol. The maximum atomic E-state index is 12.7. The maximum absolute atomic E-state index is 12.7. The molecule has 0 aliphatic carbocycles. The fraction of sp³-hybridized carbons (Fsp3) is 0.750. The fourth-order valence-corrected chi connectivity index (χ4v) is 2.78. The van der Waals surface area contributed by atoms with Crippen molar-refractivity contribution in [1.29, 1.82) is 0 Å². The number of nitrogens with zero attached hydrogens (tertiary/aromatic N) is 2. The molecule has 0 aromatic heterocycles. The topological polar surface area (TPSA) is 154 Å². The van der Waals surface area contributed by atoms with Crippen molar-refractivity contribution in [2.24, 2.45) is 21.1 Å². The summed E-state index contributed by atoms with van der Waals surface area (Å²) in [4.78, 5) is 57.9. The number of hydrogen-bond donors (Lipinski definition) is 2. The highest BCUT2D eigenvalue weighted by Crippen LogP contribution is 2.38. The molecule has 1 unspecified atom stereocenters. The van der Waals surface area contributed by atoms with Crippen LogP contribution in [-0.2, 0) is 28.7 Å². The molecular weight excluding hydrogens is 472 g/mol. The van der Waals surface area contributed by atoms with Crippen LogP contribution in [0.5, 0.6) is 0 Å². The number of rotatable bonds is 15. The zero-order chi connectivity index (χ0) is 27.8. The molecule has 0 spiro atoms. The molecule has 206 valence electrons. The van der Waals surface area contributed by atoms with Crippen LogP contribution in [0.1, 0.15) is 81.1 Å². The second-order valence-electron chi connectivity index (χ2n) is 9.22. The first-order chi connectivity index (χ1) is 16.8. The molecule has 36 heavy (non-hydrogen) atoms. The van der Waals surface area contributed by atoms with Gasteiger partial charge in [0.25, 0.3) is 0 Å². The zero-order valence-corrected chi connectivity index (χ0v) is 22.8. The molecule has 0 rings (SSSR count). The Balaban J connectivity index is 4.59. The van der Waals surface area contributed by atoms with Gasteiger partial charge in [0.1, 0.15) is 13.2 Å². The molecule has 0 fully saturated rings. The Morgan fingerprint density at radius 1 is 0.722 bits per heavy atom. The molecule has 0 aromatic carbocycles. The van der Waals surface area contributed by atoms with Crippen molar-refractivity contribution in [1.82, 2.24) is 10.6 Å². The Morgan fingerprint density at radius 2 is 1.14 bits per heavy atom. The highest BCUT2D eigenvalue weighted by Gasteiger charge is 2.42. The van der Waals surface area contributed by atoms with E-state index in [1.807, 2.05) is 20.8 Å². The average Bonchev–Trinajstić information content (AvgIpc) is 2.85. The van der Waals surface area contributed by atoms with E-state index in [0.717, 1.165) is 0 Å².